The van der Waals surface area contributed by atoms with Crippen LogP contribution in [0.4, 0.5) is 5.69 Å². The monoisotopic (exact) mass is 726 g/mol. The van der Waals surface area contributed by atoms with Crippen molar-refractivity contribution in [3.05, 3.63) is 70.9 Å². The maximum Gasteiger partial charge on any atom is 0.274 e. The molecule has 2 fully saturated rings. The Labute approximate surface area is 298 Å². The molecule has 3 aromatic rings. The molecule has 0 bridgehead atoms. The number of benzene rings is 2. The minimum absolute atomic E-state index is 0.0203. The highest BCUT2D eigenvalue weighted by molar-refractivity contribution is 7.93. The molecule has 1 unspecified atom stereocenters. The molecule has 0 radical (unpaired) electrons. The predicted molar refractivity (Wildman–Crippen MR) is 188 cm³/mol. The first kappa shape index (κ1) is 35.9. The first-order chi connectivity index (χ1) is 23.9. The summed E-state index contributed by atoms with van der Waals surface area (Å²) in [6, 6.07) is 12.1. The summed E-state index contributed by atoms with van der Waals surface area (Å²) >= 11 is 6.56. The van der Waals surface area contributed by atoms with Crippen LogP contribution >= 0.6 is 11.6 Å². The molecule has 268 valence electrons. The third-order valence-corrected chi connectivity index (χ3v) is 11.6. The number of piperidine rings is 1. The summed E-state index contributed by atoms with van der Waals surface area (Å²) in [4.78, 5) is 39.2. The van der Waals surface area contributed by atoms with Crippen LogP contribution in [0.1, 0.15) is 37.8 Å². The van der Waals surface area contributed by atoms with Crippen LogP contribution in [-0.4, -0.2) is 113 Å². The van der Waals surface area contributed by atoms with E-state index in [0.717, 1.165) is 39.0 Å². The zero-order chi connectivity index (χ0) is 35.8. The number of nitrogens with zero attached hydrogens (tertiary/aromatic N) is 5. The van der Waals surface area contributed by atoms with Crippen LogP contribution in [-0.2, 0) is 25.0 Å². The fraction of sp³-hybridized carbons (Fsp3) is 0.457. The average Bonchev–Trinajstić information content (AvgIpc) is 3.36. The summed E-state index contributed by atoms with van der Waals surface area (Å²) in [6.45, 7) is 8.69. The number of hydrazine groups is 1. The van der Waals surface area contributed by atoms with Gasteiger partial charge in [0, 0.05) is 73.7 Å². The highest BCUT2D eigenvalue weighted by Gasteiger charge is 2.62. The third-order valence-electron chi connectivity index (χ3n) is 9.62. The number of rotatable bonds is 10. The lowest BCUT2D eigenvalue weighted by Gasteiger charge is -2.42. The Balaban J connectivity index is 1.45. The summed E-state index contributed by atoms with van der Waals surface area (Å²) < 4.78 is 46.7. The third kappa shape index (κ3) is 6.39. The summed E-state index contributed by atoms with van der Waals surface area (Å²) in [5.74, 6) is -1.43. The Bertz CT molecular complexity index is 1860. The SMILES string of the molecule is COc1ccc(S(=O)(=O)N2C(=O)C(C(=O)NN3CCC(N4CCN(C)CC4)CC3)(c3cccnc3OC(C)C)c3cc(Cl)ccc32)c(OC)c1. The van der Waals surface area contributed by atoms with Gasteiger partial charge in [-0.05, 0) is 70.1 Å². The van der Waals surface area contributed by atoms with Crippen molar-refractivity contribution in [2.24, 2.45) is 0 Å². The van der Waals surface area contributed by atoms with Gasteiger partial charge in [-0.15, -0.1) is 0 Å². The lowest BCUT2D eigenvalue weighted by atomic mass is 9.74. The molecule has 0 saturated carbocycles. The van der Waals surface area contributed by atoms with E-state index in [2.05, 4.69) is 27.3 Å². The van der Waals surface area contributed by atoms with Crippen molar-refractivity contribution in [2.45, 2.75) is 49.1 Å². The van der Waals surface area contributed by atoms with E-state index in [0.29, 0.717) is 29.2 Å². The van der Waals surface area contributed by atoms with Gasteiger partial charge in [-0.3, -0.25) is 19.9 Å². The normalized spacial score (nSPS) is 20.9. The number of aromatic nitrogens is 1. The molecule has 1 aromatic heterocycles. The minimum Gasteiger partial charge on any atom is -0.497 e. The highest BCUT2D eigenvalue weighted by atomic mass is 35.5. The molecule has 3 aliphatic rings. The summed E-state index contributed by atoms with van der Waals surface area (Å²) in [5, 5.41) is 2.01. The average molecular weight is 727 g/mol. The molecule has 2 aromatic carbocycles. The molecule has 1 atom stereocenters. The quantitative estimate of drug-likeness (QED) is 0.309. The van der Waals surface area contributed by atoms with Gasteiger partial charge in [0.25, 0.3) is 21.8 Å². The molecule has 3 aliphatic heterocycles. The molecule has 6 rings (SSSR count). The Hall–Kier alpha value is -3.95. The number of halogens is 1. The topological polar surface area (TPSA) is 134 Å². The predicted octanol–water partition coefficient (Wildman–Crippen LogP) is 3.30. The standard InChI is InChI=1S/C35H43ClN6O7S/c1-23(2)49-32-27(7-6-14-37-32)35(33(43)38-41-15-12-25(13-16-41)40-19-17-39(3)18-20-40)28-21-24(36)8-10-29(28)42(34(35)44)50(45,46)31-11-9-26(47-4)22-30(31)48-5/h6-11,14,21-23,25H,12-13,15-20H2,1-5H3,(H,38,43). The van der Waals surface area contributed by atoms with Crippen LogP contribution in [0.15, 0.2) is 59.6 Å². The van der Waals surface area contributed by atoms with E-state index >= 15 is 9.59 Å². The van der Waals surface area contributed by atoms with E-state index < -0.39 is 27.3 Å². The Kier molecular flexibility index (Phi) is 10.3. The van der Waals surface area contributed by atoms with Crippen molar-refractivity contribution in [2.75, 3.05) is 64.8 Å². The van der Waals surface area contributed by atoms with Gasteiger partial charge in [-0.1, -0.05) is 17.7 Å². The van der Waals surface area contributed by atoms with Crippen molar-refractivity contribution in [3.8, 4) is 17.4 Å². The molecule has 13 nitrogen and oxygen atoms in total. The van der Waals surface area contributed by atoms with Gasteiger partial charge in [0.2, 0.25) is 5.88 Å². The lowest BCUT2D eigenvalue weighted by molar-refractivity contribution is -0.137. The first-order valence-electron chi connectivity index (χ1n) is 16.6. The molecule has 0 aliphatic carbocycles. The van der Waals surface area contributed by atoms with E-state index in [1.54, 1.807) is 31.0 Å². The van der Waals surface area contributed by atoms with Gasteiger partial charge < -0.3 is 19.1 Å². The Morgan fingerprint density at radius 2 is 1.70 bits per heavy atom. The van der Waals surface area contributed by atoms with E-state index in [4.69, 9.17) is 25.8 Å². The van der Waals surface area contributed by atoms with Gasteiger partial charge in [-0.2, -0.15) is 0 Å². The van der Waals surface area contributed by atoms with E-state index in [-0.39, 0.29) is 44.5 Å². The second-order valence-corrected chi connectivity index (χ2v) is 15.2. The molecular weight excluding hydrogens is 684 g/mol. The zero-order valence-corrected chi connectivity index (χ0v) is 30.5. The van der Waals surface area contributed by atoms with Crippen LogP contribution in [0.3, 0.4) is 0 Å². The fourth-order valence-corrected chi connectivity index (χ4v) is 8.82. The molecule has 0 spiro atoms. The fourth-order valence-electron chi connectivity index (χ4n) is 7.04. The Morgan fingerprint density at radius 3 is 2.36 bits per heavy atom. The number of piperazine rings is 1. The van der Waals surface area contributed by atoms with Crippen molar-refractivity contribution in [1.29, 1.82) is 0 Å². The van der Waals surface area contributed by atoms with Gasteiger partial charge in [0.15, 0.2) is 5.41 Å². The second kappa shape index (κ2) is 14.3. The molecule has 50 heavy (non-hydrogen) atoms. The van der Waals surface area contributed by atoms with Crippen LogP contribution in [0.2, 0.25) is 5.02 Å². The number of hydrogen-bond donors (Lipinski definition) is 1. The molecule has 15 heteroatoms. The van der Waals surface area contributed by atoms with Gasteiger partial charge >= 0.3 is 0 Å². The van der Waals surface area contributed by atoms with E-state index in [9.17, 15) is 8.42 Å². The number of likely N-dealkylation sites (N-methyl/N-ethyl adjacent to an activating group) is 1. The number of methoxy groups -OCH3 is 2. The van der Waals surface area contributed by atoms with Crippen molar-refractivity contribution in [1.82, 2.24) is 25.2 Å². The molecule has 4 heterocycles. The summed E-state index contributed by atoms with van der Waals surface area (Å²) in [7, 11) is 0.201. The zero-order valence-electron chi connectivity index (χ0n) is 28.9. The molecule has 2 amide bonds. The maximum absolute atomic E-state index is 15.2. The number of fused-ring (bicyclic) bond motifs is 1. The minimum atomic E-state index is -4.69. The molecule has 1 N–H and O–H groups in total. The Morgan fingerprint density at radius 1 is 0.980 bits per heavy atom. The van der Waals surface area contributed by atoms with E-state index in [1.165, 1.54) is 56.8 Å². The lowest BCUT2D eigenvalue weighted by Crippen LogP contribution is -2.59. The van der Waals surface area contributed by atoms with E-state index in [1.807, 2.05) is 0 Å². The number of ether oxygens (including phenoxy) is 3. The first-order valence-corrected chi connectivity index (χ1v) is 18.5. The smallest absolute Gasteiger partial charge is 0.274 e. The number of hydrogen-bond acceptors (Lipinski definition) is 11. The van der Waals surface area contributed by atoms with Crippen LogP contribution in [0.5, 0.6) is 17.4 Å². The number of anilines is 1. The largest absolute Gasteiger partial charge is 0.497 e. The number of amides is 2. The number of pyridine rings is 1. The number of carbonyl (C=O) groups excluding carboxylic acids is 2. The van der Waals surface area contributed by atoms with Crippen molar-refractivity contribution in [3.63, 3.8) is 0 Å². The molecule has 2 saturated heterocycles. The van der Waals surface area contributed by atoms with Crippen LogP contribution in [0.25, 0.3) is 0 Å². The van der Waals surface area contributed by atoms with Crippen LogP contribution in [0, 0.1) is 0 Å². The molecular formula is C35H43ClN6O7S. The summed E-state index contributed by atoms with van der Waals surface area (Å²) in [5.41, 5.74) is 0.902. The number of carbonyl (C=O) groups is 2. The van der Waals surface area contributed by atoms with Gasteiger partial charge in [0.1, 0.15) is 16.4 Å². The van der Waals surface area contributed by atoms with Crippen molar-refractivity contribution < 1.29 is 32.2 Å². The van der Waals surface area contributed by atoms with Gasteiger partial charge in [-0.25, -0.2) is 22.7 Å². The maximum atomic E-state index is 15.2. The van der Waals surface area contributed by atoms with Crippen molar-refractivity contribution >= 4 is 39.1 Å². The highest BCUT2D eigenvalue weighted by Crippen LogP contribution is 2.52. The van der Waals surface area contributed by atoms with Gasteiger partial charge in [0.05, 0.1) is 26.0 Å². The summed E-state index contributed by atoms with van der Waals surface area (Å²) in [6.07, 6.45) is 2.75. The number of nitrogens with one attached hydrogen (secondary N) is 1. The number of sulfonamides is 1. The van der Waals surface area contributed by atoms with Crippen LogP contribution < -0.4 is 23.9 Å². The second-order valence-electron chi connectivity index (χ2n) is 13.0.